The molecule has 2 aromatic carbocycles. The van der Waals surface area contributed by atoms with Crippen LogP contribution in [0.2, 0.25) is 0 Å². The summed E-state index contributed by atoms with van der Waals surface area (Å²) >= 11 is 3.55. The van der Waals surface area contributed by atoms with Crippen LogP contribution in [0.1, 0.15) is 26.3 Å². The van der Waals surface area contributed by atoms with Crippen molar-refractivity contribution in [2.75, 3.05) is 23.5 Å². The van der Waals surface area contributed by atoms with Crippen molar-refractivity contribution in [1.29, 1.82) is 0 Å². The molecule has 2 aromatic rings. The van der Waals surface area contributed by atoms with E-state index in [0.717, 1.165) is 10.0 Å². The molecule has 1 heterocycles. The number of nitrogens with zero attached hydrogens (tertiary/aromatic N) is 2. The highest BCUT2D eigenvalue weighted by Crippen LogP contribution is 2.36. The zero-order valence-electron chi connectivity index (χ0n) is 18.1. The summed E-state index contributed by atoms with van der Waals surface area (Å²) < 4.78 is 12.1. The summed E-state index contributed by atoms with van der Waals surface area (Å²) in [5.74, 6) is 0.762. The van der Waals surface area contributed by atoms with Gasteiger partial charge in [0, 0.05) is 17.1 Å². The van der Waals surface area contributed by atoms with Gasteiger partial charge in [0.15, 0.2) is 11.5 Å². The van der Waals surface area contributed by atoms with E-state index in [9.17, 15) is 9.59 Å². The van der Waals surface area contributed by atoms with Crippen molar-refractivity contribution >= 4 is 50.9 Å². The zero-order valence-corrected chi connectivity index (χ0v) is 19.7. The van der Waals surface area contributed by atoms with Crippen molar-refractivity contribution < 1.29 is 19.1 Å². The second kappa shape index (κ2) is 10.3. The summed E-state index contributed by atoms with van der Waals surface area (Å²) in [7, 11) is 0. The van der Waals surface area contributed by atoms with Gasteiger partial charge in [-0.15, -0.1) is 0 Å². The molecule has 0 atom stereocenters. The van der Waals surface area contributed by atoms with Gasteiger partial charge in [-0.1, -0.05) is 28.6 Å². The van der Waals surface area contributed by atoms with E-state index in [0.29, 0.717) is 47.4 Å². The first kappa shape index (κ1) is 23.3. The minimum absolute atomic E-state index is 0.160. The molecule has 166 valence electrons. The molecule has 0 saturated heterocycles. The number of ether oxygens (including phenoxy) is 2. The molecule has 1 aliphatic heterocycles. The van der Waals surface area contributed by atoms with E-state index in [1.807, 2.05) is 19.1 Å². The molecule has 0 spiro atoms. The molecule has 0 aromatic heterocycles. The van der Waals surface area contributed by atoms with E-state index in [2.05, 4.69) is 32.9 Å². The summed E-state index contributed by atoms with van der Waals surface area (Å²) in [6.07, 6.45) is 3.44. The van der Waals surface area contributed by atoms with Crippen LogP contribution in [0, 0.1) is 0 Å². The average Bonchev–Trinajstić information content (AvgIpc) is 3.03. The molecule has 32 heavy (non-hydrogen) atoms. The Kier molecular flexibility index (Phi) is 7.48. The normalized spacial score (nSPS) is 14.4. The van der Waals surface area contributed by atoms with Gasteiger partial charge in [0.2, 0.25) is 5.91 Å². The Balaban J connectivity index is 1.90. The molecule has 0 fully saturated rings. The van der Waals surface area contributed by atoms with Gasteiger partial charge >= 0.3 is 0 Å². The highest BCUT2D eigenvalue weighted by Gasteiger charge is 2.29. The standard InChI is InChI=1S/C24H24BrN3O4/c1-5-11-32-23-14-21(25)17(13-22(23)31-6-2)12-20-15(3)27-28(24(20)30)19-9-7-18(8-10-19)26-16(4)29/h5,7-10,12-14H,1,6,11H2,2-4H3,(H,26,29). The van der Waals surface area contributed by atoms with Gasteiger partial charge < -0.3 is 14.8 Å². The van der Waals surface area contributed by atoms with Gasteiger partial charge in [-0.2, -0.15) is 10.1 Å². The number of amides is 2. The van der Waals surface area contributed by atoms with E-state index in [-0.39, 0.29) is 11.8 Å². The predicted octanol–water partition coefficient (Wildman–Crippen LogP) is 5.18. The van der Waals surface area contributed by atoms with Crippen molar-refractivity contribution in [2.24, 2.45) is 5.10 Å². The number of carbonyl (C=O) groups excluding carboxylic acids is 2. The lowest BCUT2D eigenvalue weighted by atomic mass is 10.1. The van der Waals surface area contributed by atoms with Gasteiger partial charge in [-0.3, -0.25) is 9.59 Å². The quantitative estimate of drug-likeness (QED) is 0.402. The number of hydrazone groups is 1. The summed E-state index contributed by atoms with van der Waals surface area (Å²) in [5.41, 5.74) is 3.08. The zero-order chi connectivity index (χ0) is 23.3. The Morgan fingerprint density at radius 2 is 1.91 bits per heavy atom. The predicted molar refractivity (Wildman–Crippen MR) is 130 cm³/mol. The maximum Gasteiger partial charge on any atom is 0.280 e. The van der Waals surface area contributed by atoms with Gasteiger partial charge in [-0.25, -0.2) is 0 Å². The van der Waals surface area contributed by atoms with Gasteiger partial charge in [0.05, 0.1) is 23.6 Å². The molecule has 0 aliphatic carbocycles. The highest BCUT2D eigenvalue weighted by atomic mass is 79.9. The fourth-order valence-electron chi connectivity index (χ4n) is 3.10. The number of hydrogen-bond acceptors (Lipinski definition) is 5. The molecule has 0 bridgehead atoms. The number of carbonyl (C=O) groups is 2. The van der Waals surface area contributed by atoms with Crippen LogP contribution < -0.4 is 19.8 Å². The number of hydrogen-bond donors (Lipinski definition) is 1. The Labute approximate surface area is 195 Å². The molecule has 8 heteroatoms. The minimum atomic E-state index is -0.244. The van der Waals surface area contributed by atoms with Crippen molar-refractivity contribution in [3.63, 3.8) is 0 Å². The van der Waals surface area contributed by atoms with Gasteiger partial charge in [-0.05, 0) is 61.9 Å². The molecular formula is C24H24BrN3O4. The molecule has 0 unspecified atom stereocenters. The summed E-state index contributed by atoms with van der Waals surface area (Å²) in [6, 6.07) is 10.6. The Bertz CT molecular complexity index is 1110. The lowest BCUT2D eigenvalue weighted by Crippen LogP contribution is -2.21. The molecule has 2 amide bonds. The highest BCUT2D eigenvalue weighted by molar-refractivity contribution is 9.10. The largest absolute Gasteiger partial charge is 0.490 e. The average molecular weight is 498 g/mol. The van der Waals surface area contributed by atoms with Crippen LogP contribution in [0.3, 0.4) is 0 Å². The summed E-state index contributed by atoms with van der Waals surface area (Å²) in [4.78, 5) is 24.3. The third-order valence-corrected chi connectivity index (χ3v) is 5.20. The smallest absolute Gasteiger partial charge is 0.280 e. The van der Waals surface area contributed by atoms with E-state index in [1.54, 1.807) is 43.3 Å². The summed E-state index contributed by atoms with van der Waals surface area (Å²) in [6.45, 7) is 9.61. The fraction of sp³-hybridized carbons (Fsp3) is 0.208. The first-order valence-corrected chi connectivity index (χ1v) is 10.8. The summed E-state index contributed by atoms with van der Waals surface area (Å²) in [5, 5.41) is 8.46. The Hall–Kier alpha value is -3.39. The van der Waals surface area contributed by atoms with Crippen LogP contribution in [0.4, 0.5) is 11.4 Å². The Morgan fingerprint density at radius 3 is 2.53 bits per heavy atom. The van der Waals surface area contributed by atoms with Crippen molar-refractivity contribution in [3.05, 3.63) is 64.7 Å². The van der Waals surface area contributed by atoms with Crippen molar-refractivity contribution in [2.45, 2.75) is 20.8 Å². The molecule has 1 aliphatic rings. The van der Waals surface area contributed by atoms with Gasteiger partial charge in [0.25, 0.3) is 5.91 Å². The molecule has 0 saturated carbocycles. The van der Waals surface area contributed by atoms with E-state index in [1.165, 1.54) is 11.9 Å². The maximum absolute atomic E-state index is 13.1. The topological polar surface area (TPSA) is 80.2 Å². The van der Waals surface area contributed by atoms with E-state index >= 15 is 0 Å². The number of anilines is 2. The van der Waals surface area contributed by atoms with Crippen LogP contribution in [0.5, 0.6) is 11.5 Å². The number of benzene rings is 2. The number of rotatable bonds is 8. The monoisotopic (exact) mass is 497 g/mol. The van der Waals surface area contributed by atoms with E-state index in [4.69, 9.17) is 9.47 Å². The third-order valence-electron chi connectivity index (χ3n) is 4.51. The molecule has 0 radical (unpaired) electrons. The van der Waals surface area contributed by atoms with E-state index < -0.39 is 0 Å². The Morgan fingerprint density at radius 1 is 1.22 bits per heavy atom. The van der Waals surface area contributed by atoms with Crippen LogP contribution in [-0.2, 0) is 9.59 Å². The van der Waals surface area contributed by atoms with Crippen molar-refractivity contribution in [3.8, 4) is 11.5 Å². The lowest BCUT2D eigenvalue weighted by molar-refractivity contribution is -0.115. The van der Waals surface area contributed by atoms with Crippen LogP contribution in [0.25, 0.3) is 6.08 Å². The fourth-order valence-corrected chi connectivity index (χ4v) is 3.53. The molecular weight excluding hydrogens is 474 g/mol. The van der Waals surface area contributed by atoms with Gasteiger partial charge in [0.1, 0.15) is 6.61 Å². The molecule has 7 nitrogen and oxygen atoms in total. The second-order valence-corrected chi connectivity index (χ2v) is 7.80. The number of nitrogens with one attached hydrogen (secondary N) is 1. The van der Waals surface area contributed by atoms with Crippen LogP contribution in [-0.4, -0.2) is 30.7 Å². The molecule has 1 N–H and O–H groups in total. The van der Waals surface area contributed by atoms with Crippen molar-refractivity contribution in [1.82, 2.24) is 0 Å². The lowest BCUT2D eigenvalue weighted by Gasteiger charge is -2.14. The third kappa shape index (κ3) is 5.26. The first-order chi connectivity index (χ1) is 15.3. The molecule has 3 rings (SSSR count). The first-order valence-electron chi connectivity index (χ1n) is 10.0. The second-order valence-electron chi connectivity index (χ2n) is 6.94. The SMILES string of the molecule is C=CCOc1cc(Br)c(C=C2C(=O)N(c3ccc(NC(C)=O)cc3)N=C2C)cc1OCC. The number of halogens is 1. The van der Waals surface area contributed by atoms with Crippen LogP contribution >= 0.6 is 15.9 Å². The minimum Gasteiger partial charge on any atom is -0.490 e. The maximum atomic E-state index is 13.1. The van der Waals surface area contributed by atoms with Crippen LogP contribution in [0.15, 0.2) is 64.2 Å².